The molecule has 0 bridgehead atoms. The number of carboxylic acids is 1. The molecular formula is C13H19N3O4. The highest BCUT2D eigenvalue weighted by Crippen LogP contribution is 2.17. The highest BCUT2D eigenvalue weighted by atomic mass is 16.5. The number of hydrogen-bond donors (Lipinski definition) is 2. The maximum Gasteiger partial charge on any atom is 0.321 e. The predicted octanol–water partition coefficient (Wildman–Crippen LogP) is 1.58. The Hall–Kier alpha value is -2.31. The lowest BCUT2D eigenvalue weighted by Crippen LogP contribution is -2.36. The summed E-state index contributed by atoms with van der Waals surface area (Å²) < 4.78 is 4.98. The van der Waals surface area contributed by atoms with Crippen LogP contribution < -0.4 is 10.1 Å². The third kappa shape index (κ3) is 4.11. The molecule has 2 amide bonds. The number of aryl methyl sites for hydroxylation is 1. The monoisotopic (exact) mass is 281 g/mol. The fourth-order valence-corrected chi connectivity index (χ4v) is 1.57. The Morgan fingerprint density at radius 1 is 1.50 bits per heavy atom. The lowest BCUT2D eigenvalue weighted by molar-refractivity contribution is -0.141. The number of rotatable bonds is 5. The summed E-state index contributed by atoms with van der Waals surface area (Å²) in [4.78, 5) is 28.2. The van der Waals surface area contributed by atoms with E-state index in [0.29, 0.717) is 17.3 Å². The van der Waals surface area contributed by atoms with Crippen LogP contribution in [-0.4, -0.2) is 47.7 Å². The Balaban J connectivity index is 2.68. The van der Waals surface area contributed by atoms with Gasteiger partial charge < -0.3 is 20.1 Å². The lowest BCUT2D eigenvalue weighted by Gasteiger charge is -2.20. The second-order valence-electron chi connectivity index (χ2n) is 4.54. The molecule has 0 fully saturated rings. The molecule has 0 saturated carbocycles. The van der Waals surface area contributed by atoms with Crippen LogP contribution in [0.2, 0.25) is 0 Å². The summed E-state index contributed by atoms with van der Waals surface area (Å²) in [7, 11) is 3.06. The van der Waals surface area contributed by atoms with E-state index in [1.807, 2.05) is 0 Å². The Morgan fingerprint density at radius 3 is 2.65 bits per heavy atom. The average molecular weight is 281 g/mol. The Labute approximate surface area is 117 Å². The maximum absolute atomic E-state index is 11.9. The first-order chi connectivity index (χ1) is 9.35. The maximum atomic E-state index is 11.9. The number of amides is 2. The predicted molar refractivity (Wildman–Crippen MR) is 74.0 cm³/mol. The van der Waals surface area contributed by atoms with E-state index in [4.69, 9.17) is 9.84 Å². The van der Waals surface area contributed by atoms with Gasteiger partial charge in [0.25, 0.3) is 0 Å². The van der Waals surface area contributed by atoms with Gasteiger partial charge in [0.2, 0.25) is 5.88 Å². The standard InChI is InChI=1S/C13H19N3O4/c1-8(12(17)18)7-16(3)13(19)15-10-5-6-11(20-4)14-9(10)2/h5-6,8H,7H2,1-4H3,(H,15,19)(H,17,18). The van der Waals surface area contributed by atoms with Gasteiger partial charge in [-0.05, 0) is 13.0 Å². The SMILES string of the molecule is COc1ccc(NC(=O)N(C)CC(C)C(=O)O)c(C)n1. The van der Waals surface area contributed by atoms with Crippen LogP contribution in [0.5, 0.6) is 5.88 Å². The molecule has 1 aromatic rings. The highest BCUT2D eigenvalue weighted by Gasteiger charge is 2.18. The van der Waals surface area contributed by atoms with Crippen LogP contribution >= 0.6 is 0 Å². The van der Waals surface area contributed by atoms with Crippen LogP contribution in [-0.2, 0) is 4.79 Å². The topological polar surface area (TPSA) is 91.8 Å². The van der Waals surface area contributed by atoms with Crippen molar-refractivity contribution in [1.82, 2.24) is 9.88 Å². The number of carbonyl (C=O) groups is 2. The normalized spacial score (nSPS) is 11.6. The van der Waals surface area contributed by atoms with E-state index in [1.165, 1.54) is 12.0 Å². The first kappa shape index (κ1) is 15.7. The van der Waals surface area contributed by atoms with Crippen LogP contribution in [0.3, 0.4) is 0 Å². The fraction of sp³-hybridized carbons (Fsp3) is 0.462. The molecule has 1 rings (SSSR count). The Bertz CT molecular complexity index is 504. The summed E-state index contributed by atoms with van der Waals surface area (Å²) in [5, 5.41) is 11.5. The number of carboxylic acid groups (broad SMARTS) is 1. The van der Waals surface area contributed by atoms with E-state index in [2.05, 4.69) is 10.3 Å². The van der Waals surface area contributed by atoms with Crippen molar-refractivity contribution in [2.24, 2.45) is 5.92 Å². The van der Waals surface area contributed by atoms with E-state index in [-0.39, 0.29) is 12.6 Å². The number of urea groups is 1. The molecule has 110 valence electrons. The van der Waals surface area contributed by atoms with Crippen LogP contribution in [0.15, 0.2) is 12.1 Å². The molecule has 0 aliphatic heterocycles. The second-order valence-corrected chi connectivity index (χ2v) is 4.54. The van der Waals surface area contributed by atoms with Crippen LogP contribution in [0.4, 0.5) is 10.5 Å². The molecule has 1 unspecified atom stereocenters. The van der Waals surface area contributed by atoms with Crippen molar-refractivity contribution in [2.75, 3.05) is 26.0 Å². The van der Waals surface area contributed by atoms with E-state index < -0.39 is 11.9 Å². The van der Waals surface area contributed by atoms with Gasteiger partial charge >= 0.3 is 12.0 Å². The minimum atomic E-state index is -0.938. The average Bonchev–Trinajstić information content (AvgIpc) is 2.40. The number of ether oxygens (including phenoxy) is 1. The van der Waals surface area contributed by atoms with Gasteiger partial charge in [0.15, 0.2) is 0 Å². The third-order valence-electron chi connectivity index (χ3n) is 2.83. The van der Waals surface area contributed by atoms with E-state index >= 15 is 0 Å². The van der Waals surface area contributed by atoms with Crippen molar-refractivity contribution in [2.45, 2.75) is 13.8 Å². The lowest BCUT2D eigenvalue weighted by atomic mass is 10.2. The highest BCUT2D eigenvalue weighted by molar-refractivity contribution is 5.90. The summed E-state index contributed by atoms with van der Waals surface area (Å²) in [6.07, 6.45) is 0. The van der Waals surface area contributed by atoms with E-state index in [0.717, 1.165) is 0 Å². The zero-order chi connectivity index (χ0) is 15.3. The zero-order valence-corrected chi connectivity index (χ0v) is 12.0. The van der Waals surface area contributed by atoms with E-state index in [1.54, 1.807) is 33.0 Å². The molecule has 7 nitrogen and oxygen atoms in total. The molecule has 1 atom stereocenters. The van der Waals surface area contributed by atoms with Gasteiger partial charge in [0, 0.05) is 19.7 Å². The molecule has 0 spiro atoms. The smallest absolute Gasteiger partial charge is 0.321 e. The van der Waals surface area contributed by atoms with Crippen molar-refractivity contribution in [3.8, 4) is 5.88 Å². The van der Waals surface area contributed by atoms with E-state index in [9.17, 15) is 9.59 Å². The summed E-state index contributed by atoms with van der Waals surface area (Å²) >= 11 is 0. The van der Waals surface area contributed by atoms with Gasteiger partial charge in [-0.1, -0.05) is 6.92 Å². The number of hydrogen-bond acceptors (Lipinski definition) is 4. The summed E-state index contributed by atoms with van der Waals surface area (Å²) in [6, 6.07) is 2.95. The molecule has 0 aromatic carbocycles. The van der Waals surface area contributed by atoms with Gasteiger partial charge in [-0.25, -0.2) is 9.78 Å². The van der Waals surface area contributed by atoms with Crippen LogP contribution in [0, 0.1) is 12.8 Å². The minimum absolute atomic E-state index is 0.129. The van der Waals surface area contributed by atoms with Crippen molar-refractivity contribution < 1.29 is 19.4 Å². The number of aliphatic carboxylic acids is 1. The number of aromatic nitrogens is 1. The second kappa shape index (κ2) is 6.74. The van der Waals surface area contributed by atoms with Gasteiger partial charge in [-0.2, -0.15) is 0 Å². The number of anilines is 1. The third-order valence-corrected chi connectivity index (χ3v) is 2.83. The number of nitrogens with zero attached hydrogens (tertiary/aromatic N) is 2. The summed E-state index contributed by atoms with van der Waals surface area (Å²) in [6.45, 7) is 3.42. The quantitative estimate of drug-likeness (QED) is 0.855. The van der Waals surface area contributed by atoms with Crippen LogP contribution in [0.25, 0.3) is 0 Å². The van der Waals surface area contributed by atoms with Crippen LogP contribution in [0.1, 0.15) is 12.6 Å². The minimum Gasteiger partial charge on any atom is -0.481 e. The van der Waals surface area contributed by atoms with Gasteiger partial charge in [-0.3, -0.25) is 4.79 Å². The first-order valence-corrected chi connectivity index (χ1v) is 6.11. The van der Waals surface area contributed by atoms with Crippen molar-refractivity contribution >= 4 is 17.7 Å². The molecule has 1 heterocycles. The first-order valence-electron chi connectivity index (χ1n) is 6.11. The molecule has 0 aliphatic carbocycles. The number of methoxy groups -OCH3 is 1. The summed E-state index contributed by atoms with van der Waals surface area (Å²) in [5.74, 6) is -1.10. The van der Waals surface area contributed by atoms with Gasteiger partial charge in [-0.15, -0.1) is 0 Å². The zero-order valence-electron chi connectivity index (χ0n) is 12.0. The number of pyridine rings is 1. The van der Waals surface area contributed by atoms with Crippen molar-refractivity contribution in [3.63, 3.8) is 0 Å². The molecule has 1 aromatic heterocycles. The summed E-state index contributed by atoms with van der Waals surface area (Å²) in [5.41, 5.74) is 1.18. The molecule has 0 radical (unpaired) electrons. The largest absolute Gasteiger partial charge is 0.481 e. The number of nitrogens with one attached hydrogen (secondary N) is 1. The molecule has 0 saturated heterocycles. The fourth-order valence-electron chi connectivity index (χ4n) is 1.57. The molecule has 20 heavy (non-hydrogen) atoms. The molecular weight excluding hydrogens is 262 g/mol. The molecule has 7 heteroatoms. The molecule has 0 aliphatic rings. The Kier molecular flexibility index (Phi) is 5.31. The Morgan fingerprint density at radius 2 is 2.15 bits per heavy atom. The number of carbonyl (C=O) groups excluding carboxylic acids is 1. The van der Waals surface area contributed by atoms with Crippen molar-refractivity contribution in [1.29, 1.82) is 0 Å². The van der Waals surface area contributed by atoms with Gasteiger partial charge in [0.05, 0.1) is 24.4 Å². The molecule has 2 N–H and O–H groups in total. The van der Waals surface area contributed by atoms with Gasteiger partial charge in [0.1, 0.15) is 0 Å². The van der Waals surface area contributed by atoms with Crippen molar-refractivity contribution in [3.05, 3.63) is 17.8 Å².